The molecule has 0 aliphatic carbocycles. The number of nitrogens with zero attached hydrogens (tertiary/aromatic N) is 1. The van der Waals surface area contributed by atoms with Crippen LogP contribution in [0, 0.1) is 31.6 Å². The first kappa shape index (κ1) is 44.4. The molecule has 9 nitrogen and oxygen atoms in total. The Kier molecular flexibility index (Phi) is 22.6. The average Bonchev–Trinajstić information content (AvgIpc) is 3.65. The van der Waals surface area contributed by atoms with Gasteiger partial charge in [0.15, 0.2) is 0 Å². The molecule has 0 aromatic carbocycles. The Hall–Kier alpha value is -0.613. The van der Waals surface area contributed by atoms with Gasteiger partial charge in [-0.3, -0.25) is 4.79 Å². The van der Waals surface area contributed by atoms with Crippen molar-refractivity contribution in [2.45, 2.75) is 104 Å². The first-order valence-electron chi connectivity index (χ1n) is 16.0. The van der Waals surface area contributed by atoms with Gasteiger partial charge in [0.2, 0.25) is 5.91 Å². The van der Waals surface area contributed by atoms with Crippen LogP contribution in [0.15, 0.2) is 23.8 Å². The first-order valence-corrected chi connectivity index (χ1v) is 16.0. The predicted molar refractivity (Wildman–Crippen MR) is 169 cm³/mol. The number of hydrogen-bond acceptors (Lipinski definition) is 7. The number of carbonyl (C=O) groups excluding carboxylic acids is 2. The molecule has 256 valence electrons. The van der Waals surface area contributed by atoms with Crippen molar-refractivity contribution < 1.29 is 76.1 Å². The van der Waals surface area contributed by atoms with Crippen LogP contribution in [-0.2, 0) is 28.5 Å². The molecule has 2 aliphatic heterocycles. The van der Waals surface area contributed by atoms with Crippen molar-refractivity contribution in [3.05, 3.63) is 37.6 Å². The Labute approximate surface area is 302 Å². The molecule has 2 heterocycles. The van der Waals surface area contributed by atoms with E-state index in [1.807, 2.05) is 0 Å². The van der Waals surface area contributed by atoms with Crippen LogP contribution in [0.4, 0.5) is 4.79 Å². The topological polar surface area (TPSA) is 98.9 Å². The molecule has 1 N–H and O–H groups in total. The second kappa shape index (κ2) is 22.9. The van der Waals surface area contributed by atoms with Crippen molar-refractivity contribution in [2.24, 2.45) is 17.8 Å². The molecule has 2 aliphatic rings. The van der Waals surface area contributed by atoms with Gasteiger partial charge in [0.05, 0.1) is 43.2 Å². The summed E-state index contributed by atoms with van der Waals surface area (Å²) in [4.78, 5) is 25.4. The van der Waals surface area contributed by atoms with Gasteiger partial charge in [-0.05, 0) is 56.9 Å². The van der Waals surface area contributed by atoms with Crippen molar-refractivity contribution >= 4 is 12.0 Å². The molecule has 0 unspecified atom stereocenters. The van der Waals surface area contributed by atoms with E-state index in [4.69, 9.17) is 23.7 Å². The Morgan fingerprint density at radius 1 is 1.16 bits per heavy atom. The van der Waals surface area contributed by atoms with Gasteiger partial charge in [-0.15, -0.1) is 13.1 Å². The maximum Gasteiger partial charge on any atom is 1.00 e. The third-order valence-electron chi connectivity index (χ3n) is 8.74. The number of epoxide rings is 1. The maximum absolute atomic E-state index is 12.3. The first-order chi connectivity index (χ1) is 20.5. The molecule has 0 aromatic heterocycles. The zero-order valence-corrected chi connectivity index (χ0v) is 31.3. The van der Waals surface area contributed by atoms with E-state index in [9.17, 15) is 9.59 Å². The molecule has 8 atom stereocenters. The number of hydrogen-bond donors (Lipinski definition) is 1. The summed E-state index contributed by atoms with van der Waals surface area (Å²) >= 11 is 0. The summed E-state index contributed by atoms with van der Waals surface area (Å²) in [5.74, 6) is 1.10. The van der Waals surface area contributed by atoms with Crippen molar-refractivity contribution in [1.29, 1.82) is 0 Å². The number of amides is 2. The molecule has 2 saturated heterocycles. The number of allylic oxidation sites excluding steroid dienone is 3. The molecule has 0 saturated carbocycles. The third kappa shape index (κ3) is 15.0. The van der Waals surface area contributed by atoms with Crippen molar-refractivity contribution in [3.8, 4) is 0 Å². The van der Waals surface area contributed by atoms with Gasteiger partial charge in [-0.25, -0.2) is 4.79 Å². The summed E-state index contributed by atoms with van der Waals surface area (Å²) in [6, 6.07) is 0. The van der Waals surface area contributed by atoms with Crippen LogP contribution >= 0.6 is 0 Å². The van der Waals surface area contributed by atoms with Gasteiger partial charge < -0.3 is 71.7 Å². The maximum atomic E-state index is 12.3. The molecule has 2 rings (SSSR count). The van der Waals surface area contributed by atoms with Crippen molar-refractivity contribution in [3.63, 3.8) is 0 Å². The van der Waals surface area contributed by atoms with Crippen LogP contribution < -0.4 is 48.2 Å². The van der Waals surface area contributed by atoms with E-state index in [1.54, 1.807) is 7.11 Å². The number of ether oxygens (including phenoxy) is 5. The Balaban J connectivity index is 0.00000968. The van der Waals surface area contributed by atoms with E-state index in [2.05, 4.69) is 78.9 Å². The Bertz CT molecular complexity index is 915. The molecule has 11 heteroatoms. The number of methoxy groups -OCH3 is 1. The average molecular weight is 741 g/mol. The van der Waals surface area contributed by atoms with E-state index in [-0.39, 0.29) is 105 Å². The van der Waals surface area contributed by atoms with Crippen LogP contribution in [0.2, 0.25) is 0 Å². The van der Waals surface area contributed by atoms with E-state index >= 15 is 0 Å². The smallest absolute Gasteiger partial charge is 1.00 e. The minimum absolute atomic E-state index is 0. The largest absolute Gasteiger partial charge is 1.00 e. The molecular weight excluding hydrogens is 682 g/mol. The van der Waals surface area contributed by atoms with E-state index in [0.29, 0.717) is 37.4 Å². The standard InChI is InChI=1S/C34H58N2O7.HI.Li/c1-10-29(39-9)27(7)32-34(8,43-32)22-24(4)14-13-15-25(5)31-26(6)16-17-28(42-31)23-35-30(37)18-19-40-20-21-41-33(38)36(11-2)12-3;;/h13-15,24,26-29,31-32H,2-3,10-12,16-23H2,1,4-9H3,(H,35,37);1H;/q-2;;+1/p-1/b14-13+,25-15+;;/t24-,26+,27-,28-,29+,31-,32-,34-;;/m1../s1. The molecule has 2 fully saturated rings. The fourth-order valence-corrected chi connectivity index (χ4v) is 6.10. The van der Waals surface area contributed by atoms with Gasteiger partial charge in [-0.1, -0.05) is 45.9 Å². The summed E-state index contributed by atoms with van der Waals surface area (Å²) in [5.41, 5.74) is 1.11. The molecule has 0 radical (unpaired) electrons. The van der Waals surface area contributed by atoms with Gasteiger partial charge in [0.25, 0.3) is 0 Å². The fourth-order valence-electron chi connectivity index (χ4n) is 6.10. The van der Waals surface area contributed by atoms with Crippen molar-refractivity contribution in [1.82, 2.24) is 10.2 Å². The summed E-state index contributed by atoms with van der Waals surface area (Å²) in [6.45, 7) is 22.2. The zero-order valence-electron chi connectivity index (χ0n) is 29.1. The molecule has 0 spiro atoms. The van der Waals surface area contributed by atoms with Crippen molar-refractivity contribution in [2.75, 3.05) is 46.6 Å². The normalized spacial score (nSPS) is 26.6. The quantitative estimate of drug-likeness (QED) is 0.0479. The summed E-state index contributed by atoms with van der Waals surface area (Å²) in [6.07, 6.45) is 10.8. The second-order valence-corrected chi connectivity index (χ2v) is 12.4. The van der Waals surface area contributed by atoms with Gasteiger partial charge >= 0.3 is 25.0 Å². The third-order valence-corrected chi connectivity index (χ3v) is 8.74. The van der Waals surface area contributed by atoms with Crippen LogP contribution in [0.5, 0.6) is 0 Å². The monoisotopic (exact) mass is 740 g/mol. The minimum Gasteiger partial charge on any atom is -1.00 e. The minimum atomic E-state index is -0.466. The number of nitrogens with one attached hydrogen (secondary N) is 1. The van der Waals surface area contributed by atoms with Gasteiger partial charge in [0, 0.05) is 26.0 Å². The van der Waals surface area contributed by atoms with E-state index in [0.717, 1.165) is 25.7 Å². The Morgan fingerprint density at radius 2 is 1.84 bits per heavy atom. The number of carbonyl (C=O) groups is 2. The molecule has 2 amide bonds. The van der Waals surface area contributed by atoms with Gasteiger partial charge in [0.1, 0.15) is 6.61 Å². The van der Waals surface area contributed by atoms with Crippen LogP contribution in [0.25, 0.3) is 0 Å². The van der Waals surface area contributed by atoms with Crippen LogP contribution in [0.3, 0.4) is 0 Å². The van der Waals surface area contributed by atoms with Gasteiger partial charge in [-0.2, -0.15) is 0 Å². The van der Waals surface area contributed by atoms with Crippen LogP contribution in [0.1, 0.15) is 73.6 Å². The molecular formula is C34H58ILiN2O7-2. The molecule has 0 bridgehead atoms. The SMILES string of the molecule is [CH2-]CN(C[CH2-])C(=O)OCCOCCC(=O)NC[C@H]1CC[C@H](C)[C@@H](/C(C)=C/C=C/[C@@H](C)C[C@@]2(C)O[C@@H]2[C@H](C)[C@H](CC)OC)O1.[I-].[Li+]. The number of rotatable bonds is 19. The van der Waals surface area contributed by atoms with E-state index in [1.165, 1.54) is 10.5 Å². The van der Waals surface area contributed by atoms with Crippen LogP contribution in [-0.4, -0.2) is 93.5 Å². The summed E-state index contributed by atoms with van der Waals surface area (Å²) in [7, 11) is 1.79. The fraction of sp³-hybridized carbons (Fsp3) is 0.765. The summed E-state index contributed by atoms with van der Waals surface area (Å²) in [5, 5.41) is 2.97. The second-order valence-electron chi connectivity index (χ2n) is 12.4. The van der Waals surface area contributed by atoms with E-state index < -0.39 is 6.09 Å². The zero-order chi connectivity index (χ0) is 32.0. The number of halogens is 1. The molecule has 0 aromatic rings. The Morgan fingerprint density at radius 3 is 2.47 bits per heavy atom. The molecule has 45 heavy (non-hydrogen) atoms. The predicted octanol–water partition coefficient (Wildman–Crippen LogP) is -0.445. The summed E-state index contributed by atoms with van der Waals surface area (Å²) < 4.78 is 28.7.